The zero-order chi connectivity index (χ0) is 15.6. The summed E-state index contributed by atoms with van der Waals surface area (Å²) in [6.45, 7) is 0. The third-order valence-electron chi connectivity index (χ3n) is 2.63. The highest BCUT2D eigenvalue weighted by atomic mass is 79.9. The molecule has 0 fully saturated rings. The molecule has 2 aromatic carbocycles. The molecule has 2 rings (SSSR count). The Bertz CT molecular complexity index is 736. The van der Waals surface area contributed by atoms with Gasteiger partial charge in [-0.05, 0) is 30.3 Å². The van der Waals surface area contributed by atoms with E-state index in [9.17, 15) is 19.3 Å². The van der Waals surface area contributed by atoms with Gasteiger partial charge in [-0.15, -0.1) is 0 Å². The Hall–Kier alpha value is -2.48. The first-order valence-corrected chi connectivity index (χ1v) is 6.41. The van der Waals surface area contributed by atoms with Crippen molar-refractivity contribution < 1.29 is 19.2 Å². The number of nitrogens with one attached hydrogen (secondary N) is 1. The van der Waals surface area contributed by atoms with E-state index >= 15 is 0 Å². The van der Waals surface area contributed by atoms with Gasteiger partial charge in [0.1, 0.15) is 11.5 Å². The molecule has 8 heteroatoms. The second-order valence-electron chi connectivity index (χ2n) is 4.04. The second-order valence-corrected chi connectivity index (χ2v) is 4.96. The Labute approximate surface area is 126 Å². The molecule has 0 saturated heterocycles. The van der Waals surface area contributed by atoms with Crippen molar-refractivity contribution in [1.82, 2.24) is 0 Å². The van der Waals surface area contributed by atoms with Crippen molar-refractivity contribution in [3.63, 3.8) is 0 Å². The first-order valence-electron chi connectivity index (χ1n) is 5.62. The fourth-order valence-electron chi connectivity index (χ4n) is 1.68. The topological polar surface area (TPSA) is 92.5 Å². The highest BCUT2D eigenvalue weighted by molar-refractivity contribution is 9.10. The molecule has 0 atom stereocenters. The van der Waals surface area contributed by atoms with Crippen molar-refractivity contribution in [2.45, 2.75) is 0 Å². The average molecular weight is 355 g/mol. The van der Waals surface area contributed by atoms with E-state index in [-0.39, 0.29) is 17.1 Å². The normalized spacial score (nSPS) is 10.2. The predicted molar refractivity (Wildman–Crippen MR) is 77.4 cm³/mol. The number of nitro groups is 1. The summed E-state index contributed by atoms with van der Waals surface area (Å²) in [6.07, 6.45) is 0. The van der Waals surface area contributed by atoms with Crippen LogP contribution in [0.5, 0.6) is 0 Å². The zero-order valence-electron chi connectivity index (χ0n) is 10.3. The highest BCUT2D eigenvalue weighted by Crippen LogP contribution is 2.30. The number of carbonyl (C=O) groups is 1. The van der Waals surface area contributed by atoms with E-state index in [1.165, 1.54) is 18.2 Å². The Balaban J connectivity index is 2.37. The second kappa shape index (κ2) is 5.88. The molecular weight excluding hydrogens is 347 g/mol. The Morgan fingerprint density at radius 3 is 2.57 bits per heavy atom. The molecule has 0 unspecified atom stereocenters. The lowest BCUT2D eigenvalue weighted by Crippen LogP contribution is -2.02. The van der Waals surface area contributed by atoms with Gasteiger partial charge < -0.3 is 10.4 Å². The minimum absolute atomic E-state index is 0.172. The number of aromatic carboxylic acids is 1. The summed E-state index contributed by atoms with van der Waals surface area (Å²) in [7, 11) is 0. The maximum Gasteiger partial charge on any atom is 0.338 e. The number of carboxylic acids is 1. The number of rotatable bonds is 4. The standard InChI is InChI=1S/C13H8BrFN2O4/c14-7-1-4-11(12(5-7)17(20)21)16-8-2-3-9(13(18)19)10(15)6-8/h1-6,16H,(H,18,19). The van der Waals surface area contributed by atoms with Crippen LogP contribution in [0.15, 0.2) is 40.9 Å². The van der Waals surface area contributed by atoms with E-state index < -0.39 is 22.3 Å². The maximum absolute atomic E-state index is 13.6. The van der Waals surface area contributed by atoms with Crippen molar-refractivity contribution in [2.24, 2.45) is 0 Å². The number of anilines is 2. The van der Waals surface area contributed by atoms with Crippen LogP contribution >= 0.6 is 15.9 Å². The monoisotopic (exact) mass is 354 g/mol. The number of nitrogens with zero attached hydrogens (tertiary/aromatic N) is 1. The number of hydrogen-bond donors (Lipinski definition) is 2. The molecule has 0 bridgehead atoms. The van der Waals surface area contributed by atoms with Crippen LogP contribution in [0.2, 0.25) is 0 Å². The van der Waals surface area contributed by atoms with Gasteiger partial charge >= 0.3 is 5.97 Å². The zero-order valence-corrected chi connectivity index (χ0v) is 11.9. The number of halogens is 2. The van der Waals surface area contributed by atoms with Crippen LogP contribution in [-0.4, -0.2) is 16.0 Å². The average Bonchev–Trinajstić information content (AvgIpc) is 2.40. The van der Waals surface area contributed by atoms with E-state index in [1.807, 2.05) is 0 Å². The molecule has 0 aliphatic rings. The summed E-state index contributed by atoms with van der Waals surface area (Å²) < 4.78 is 14.1. The van der Waals surface area contributed by atoms with E-state index in [2.05, 4.69) is 21.2 Å². The number of hydrogen-bond acceptors (Lipinski definition) is 4. The van der Waals surface area contributed by atoms with Crippen LogP contribution in [0.1, 0.15) is 10.4 Å². The van der Waals surface area contributed by atoms with Gasteiger partial charge in [-0.25, -0.2) is 9.18 Å². The lowest BCUT2D eigenvalue weighted by Gasteiger charge is -2.08. The van der Waals surface area contributed by atoms with Gasteiger partial charge in [-0.3, -0.25) is 10.1 Å². The number of carboxylic acid groups (broad SMARTS) is 1. The minimum atomic E-state index is -1.38. The van der Waals surface area contributed by atoms with E-state index in [1.54, 1.807) is 6.07 Å². The Morgan fingerprint density at radius 1 is 1.29 bits per heavy atom. The fourth-order valence-corrected chi connectivity index (χ4v) is 2.03. The first kappa shape index (κ1) is 14.9. The maximum atomic E-state index is 13.6. The Morgan fingerprint density at radius 2 is 2.00 bits per heavy atom. The van der Waals surface area contributed by atoms with Crippen LogP contribution in [0, 0.1) is 15.9 Å². The van der Waals surface area contributed by atoms with E-state index in [0.29, 0.717) is 4.47 Å². The van der Waals surface area contributed by atoms with Crippen LogP contribution in [0.4, 0.5) is 21.5 Å². The molecule has 0 radical (unpaired) electrons. The van der Waals surface area contributed by atoms with Crippen LogP contribution in [0.25, 0.3) is 0 Å². The van der Waals surface area contributed by atoms with Crippen molar-refractivity contribution >= 4 is 39.0 Å². The molecule has 0 saturated carbocycles. The molecule has 6 nitrogen and oxygen atoms in total. The summed E-state index contributed by atoms with van der Waals surface area (Å²) >= 11 is 3.13. The summed E-state index contributed by atoms with van der Waals surface area (Å²) in [5.74, 6) is -2.30. The fraction of sp³-hybridized carbons (Fsp3) is 0. The van der Waals surface area contributed by atoms with Crippen molar-refractivity contribution in [3.8, 4) is 0 Å². The van der Waals surface area contributed by atoms with Gasteiger partial charge in [0.15, 0.2) is 0 Å². The van der Waals surface area contributed by atoms with Crippen molar-refractivity contribution in [1.29, 1.82) is 0 Å². The SMILES string of the molecule is O=C(O)c1ccc(Nc2ccc(Br)cc2[N+](=O)[O-])cc1F. The summed E-state index contributed by atoms with van der Waals surface area (Å²) in [5.41, 5.74) is -0.272. The van der Waals surface area contributed by atoms with Crippen LogP contribution in [0.3, 0.4) is 0 Å². The molecular formula is C13H8BrFN2O4. The van der Waals surface area contributed by atoms with Crippen molar-refractivity contribution in [2.75, 3.05) is 5.32 Å². The lowest BCUT2D eigenvalue weighted by molar-refractivity contribution is -0.384. The molecule has 0 heterocycles. The molecule has 108 valence electrons. The molecule has 21 heavy (non-hydrogen) atoms. The molecule has 0 spiro atoms. The quantitative estimate of drug-likeness (QED) is 0.640. The van der Waals surface area contributed by atoms with Gasteiger partial charge in [-0.1, -0.05) is 15.9 Å². The largest absolute Gasteiger partial charge is 0.478 e. The molecule has 0 aromatic heterocycles. The number of benzene rings is 2. The van der Waals surface area contributed by atoms with Gasteiger partial charge in [0.05, 0.1) is 10.5 Å². The van der Waals surface area contributed by atoms with Crippen LogP contribution < -0.4 is 5.32 Å². The van der Waals surface area contributed by atoms with Crippen LogP contribution in [-0.2, 0) is 0 Å². The molecule has 2 N–H and O–H groups in total. The highest BCUT2D eigenvalue weighted by Gasteiger charge is 2.16. The number of nitro benzene ring substituents is 1. The molecule has 2 aromatic rings. The Kier molecular flexibility index (Phi) is 4.18. The summed E-state index contributed by atoms with van der Waals surface area (Å²) in [5, 5.41) is 22.4. The van der Waals surface area contributed by atoms with E-state index in [4.69, 9.17) is 5.11 Å². The molecule has 0 aliphatic carbocycles. The van der Waals surface area contributed by atoms with Crippen molar-refractivity contribution in [3.05, 3.63) is 62.4 Å². The third-order valence-corrected chi connectivity index (χ3v) is 3.13. The van der Waals surface area contributed by atoms with Gasteiger partial charge in [0.25, 0.3) is 5.69 Å². The summed E-state index contributed by atoms with van der Waals surface area (Å²) in [6, 6.07) is 7.76. The minimum Gasteiger partial charge on any atom is -0.478 e. The predicted octanol–water partition coefficient (Wildman–Crippen LogP) is 3.94. The van der Waals surface area contributed by atoms with E-state index in [0.717, 1.165) is 12.1 Å². The van der Waals surface area contributed by atoms with Gasteiger partial charge in [0.2, 0.25) is 0 Å². The molecule has 0 amide bonds. The first-order chi connectivity index (χ1) is 9.88. The third kappa shape index (κ3) is 3.34. The smallest absolute Gasteiger partial charge is 0.338 e. The van der Waals surface area contributed by atoms with Gasteiger partial charge in [0, 0.05) is 16.2 Å². The molecule has 0 aliphatic heterocycles. The van der Waals surface area contributed by atoms with Gasteiger partial charge in [-0.2, -0.15) is 0 Å². The summed E-state index contributed by atoms with van der Waals surface area (Å²) in [4.78, 5) is 21.1. The lowest BCUT2D eigenvalue weighted by atomic mass is 10.2.